The largest absolute Gasteiger partial charge is 0.368 e. The molecule has 0 aliphatic carbocycles. The highest BCUT2D eigenvalue weighted by Crippen LogP contribution is 2.11. The Morgan fingerprint density at radius 2 is 2.05 bits per heavy atom. The Morgan fingerprint density at radius 3 is 2.71 bits per heavy atom. The summed E-state index contributed by atoms with van der Waals surface area (Å²) in [7, 11) is 0. The second-order valence-corrected chi connectivity index (χ2v) is 5.32. The monoisotopic (exact) mass is 286 g/mol. The van der Waals surface area contributed by atoms with E-state index in [-0.39, 0.29) is 11.6 Å². The van der Waals surface area contributed by atoms with Crippen LogP contribution >= 0.6 is 0 Å². The lowest BCUT2D eigenvalue weighted by molar-refractivity contribution is -0.120. The maximum absolute atomic E-state index is 12.2. The van der Waals surface area contributed by atoms with E-state index in [1.165, 1.54) is 0 Å². The van der Waals surface area contributed by atoms with E-state index < -0.39 is 17.9 Å². The van der Waals surface area contributed by atoms with Crippen molar-refractivity contribution in [3.63, 3.8) is 0 Å². The zero-order valence-electron chi connectivity index (χ0n) is 12.0. The van der Waals surface area contributed by atoms with Crippen molar-refractivity contribution in [2.24, 2.45) is 11.7 Å². The van der Waals surface area contributed by atoms with Gasteiger partial charge in [0.1, 0.15) is 11.7 Å². The van der Waals surface area contributed by atoms with Gasteiger partial charge in [0.25, 0.3) is 5.91 Å². The van der Waals surface area contributed by atoms with Gasteiger partial charge in [0.15, 0.2) is 0 Å². The number of rotatable bonds is 5. The lowest BCUT2D eigenvalue weighted by Gasteiger charge is -2.17. The molecule has 2 aromatic rings. The van der Waals surface area contributed by atoms with Crippen molar-refractivity contribution in [1.82, 2.24) is 15.3 Å². The van der Waals surface area contributed by atoms with Crippen molar-refractivity contribution in [3.05, 3.63) is 36.3 Å². The molecule has 0 fully saturated rings. The van der Waals surface area contributed by atoms with Crippen LogP contribution in [0, 0.1) is 5.92 Å². The molecule has 0 bridgehead atoms. The summed E-state index contributed by atoms with van der Waals surface area (Å²) in [6.07, 6.45) is 3.79. The van der Waals surface area contributed by atoms with Crippen molar-refractivity contribution in [1.29, 1.82) is 0 Å². The molecule has 1 atom stereocenters. The molecule has 2 rings (SSSR count). The van der Waals surface area contributed by atoms with Crippen molar-refractivity contribution in [2.45, 2.75) is 26.3 Å². The normalized spacial score (nSPS) is 12.3. The molecule has 21 heavy (non-hydrogen) atoms. The first-order chi connectivity index (χ1) is 9.97. The summed E-state index contributed by atoms with van der Waals surface area (Å²) in [6.45, 7) is 3.92. The minimum atomic E-state index is -0.688. The number of aromatic nitrogens is 2. The number of nitrogens with one attached hydrogen (secondary N) is 1. The molecule has 2 aromatic heterocycles. The van der Waals surface area contributed by atoms with Gasteiger partial charge >= 0.3 is 0 Å². The Kier molecular flexibility index (Phi) is 4.47. The number of nitrogens with zero attached hydrogens (tertiary/aromatic N) is 2. The summed E-state index contributed by atoms with van der Waals surface area (Å²) in [5, 5.41) is 3.49. The molecule has 0 saturated heterocycles. The van der Waals surface area contributed by atoms with Crippen molar-refractivity contribution < 1.29 is 9.59 Å². The van der Waals surface area contributed by atoms with Gasteiger partial charge in [-0.2, -0.15) is 0 Å². The summed E-state index contributed by atoms with van der Waals surface area (Å²) in [4.78, 5) is 31.8. The minimum absolute atomic E-state index is 0.249. The van der Waals surface area contributed by atoms with Crippen LogP contribution in [0.4, 0.5) is 0 Å². The lowest BCUT2D eigenvalue weighted by atomic mass is 10.0. The van der Waals surface area contributed by atoms with Gasteiger partial charge in [0.05, 0.1) is 5.52 Å². The lowest BCUT2D eigenvalue weighted by Crippen LogP contribution is -2.45. The number of amides is 2. The molecule has 2 amide bonds. The Morgan fingerprint density at radius 1 is 1.29 bits per heavy atom. The molecule has 0 aliphatic heterocycles. The molecule has 0 radical (unpaired) electrons. The second kappa shape index (κ2) is 6.30. The van der Waals surface area contributed by atoms with E-state index in [1.807, 2.05) is 13.8 Å². The second-order valence-electron chi connectivity index (χ2n) is 5.32. The number of fused-ring (bicyclic) bond motifs is 1. The van der Waals surface area contributed by atoms with E-state index in [1.54, 1.807) is 30.6 Å². The van der Waals surface area contributed by atoms with Crippen LogP contribution in [0.3, 0.4) is 0 Å². The fourth-order valence-corrected chi connectivity index (χ4v) is 2.04. The van der Waals surface area contributed by atoms with Crippen LogP contribution in [-0.4, -0.2) is 27.8 Å². The number of hydrogen-bond acceptors (Lipinski definition) is 4. The maximum Gasteiger partial charge on any atom is 0.270 e. The zero-order chi connectivity index (χ0) is 15.4. The number of nitrogens with two attached hydrogens (primary N) is 1. The zero-order valence-corrected chi connectivity index (χ0v) is 12.0. The molecular weight excluding hydrogens is 268 g/mol. The van der Waals surface area contributed by atoms with Crippen molar-refractivity contribution in [2.75, 3.05) is 0 Å². The average molecular weight is 286 g/mol. The molecular formula is C15H18N4O2. The van der Waals surface area contributed by atoms with Gasteiger partial charge in [-0.05, 0) is 30.5 Å². The molecule has 3 N–H and O–H groups in total. The quantitative estimate of drug-likeness (QED) is 0.864. The van der Waals surface area contributed by atoms with Gasteiger partial charge in [-0.25, -0.2) is 4.98 Å². The van der Waals surface area contributed by atoms with Crippen LogP contribution in [-0.2, 0) is 4.79 Å². The van der Waals surface area contributed by atoms with Gasteiger partial charge in [0.2, 0.25) is 5.91 Å². The van der Waals surface area contributed by atoms with Crippen LogP contribution in [0.2, 0.25) is 0 Å². The van der Waals surface area contributed by atoms with Gasteiger partial charge in [0, 0.05) is 17.8 Å². The molecule has 0 aromatic carbocycles. The van der Waals surface area contributed by atoms with Crippen LogP contribution < -0.4 is 11.1 Å². The number of carbonyl (C=O) groups excluding carboxylic acids is 2. The first-order valence-corrected chi connectivity index (χ1v) is 6.78. The molecule has 2 heterocycles. The molecule has 0 saturated carbocycles. The van der Waals surface area contributed by atoms with Crippen molar-refractivity contribution in [3.8, 4) is 0 Å². The number of pyridine rings is 2. The standard InChI is InChI=1S/C15H18N4O2/c1-9(2)7-13(14(16)20)19-15(21)12-4-3-10-8-17-6-5-11(10)18-12/h3-6,8-9,13H,7H2,1-2H3,(H2,16,20)(H,19,21)/t13-/m1/s1. The van der Waals surface area contributed by atoms with E-state index in [0.29, 0.717) is 11.9 Å². The summed E-state index contributed by atoms with van der Waals surface area (Å²) in [5.41, 5.74) is 6.25. The van der Waals surface area contributed by atoms with E-state index in [2.05, 4.69) is 15.3 Å². The smallest absolute Gasteiger partial charge is 0.270 e. The minimum Gasteiger partial charge on any atom is -0.368 e. The SMILES string of the molecule is CC(C)C[C@@H](NC(=O)c1ccc2cnccc2n1)C(N)=O. The fraction of sp³-hybridized carbons (Fsp3) is 0.333. The summed E-state index contributed by atoms with van der Waals surface area (Å²) in [5.74, 6) is -0.696. The van der Waals surface area contributed by atoms with Crippen LogP contribution in [0.5, 0.6) is 0 Å². The Balaban J connectivity index is 2.19. The Bertz CT molecular complexity index is 670. The summed E-state index contributed by atoms with van der Waals surface area (Å²) >= 11 is 0. The van der Waals surface area contributed by atoms with E-state index >= 15 is 0 Å². The third kappa shape index (κ3) is 3.75. The number of primary amides is 1. The third-order valence-corrected chi connectivity index (χ3v) is 3.08. The molecule has 110 valence electrons. The van der Waals surface area contributed by atoms with Crippen molar-refractivity contribution >= 4 is 22.7 Å². The van der Waals surface area contributed by atoms with Gasteiger partial charge in [-0.1, -0.05) is 13.8 Å². The molecule has 6 heteroatoms. The summed E-state index contributed by atoms with van der Waals surface area (Å²) < 4.78 is 0. The third-order valence-electron chi connectivity index (χ3n) is 3.08. The molecule has 6 nitrogen and oxygen atoms in total. The number of carbonyl (C=O) groups is 2. The first kappa shape index (κ1) is 14.9. The fourth-order valence-electron chi connectivity index (χ4n) is 2.04. The highest BCUT2D eigenvalue weighted by molar-refractivity contribution is 5.97. The average Bonchev–Trinajstić information content (AvgIpc) is 2.45. The molecule has 0 aliphatic rings. The van der Waals surface area contributed by atoms with Gasteiger partial charge in [-0.3, -0.25) is 14.6 Å². The maximum atomic E-state index is 12.2. The van der Waals surface area contributed by atoms with E-state index in [9.17, 15) is 9.59 Å². The van der Waals surface area contributed by atoms with E-state index in [0.717, 1.165) is 5.39 Å². The highest BCUT2D eigenvalue weighted by atomic mass is 16.2. The molecule has 0 unspecified atom stereocenters. The Labute approximate surface area is 122 Å². The van der Waals surface area contributed by atoms with Crippen LogP contribution in [0.25, 0.3) is 10.9 Å². The van der Waals surface area contributed by atoms with Crippen LogP contribution in [0.1, 0.15) is 30.8 Å². The Hall–Kier alpha value is -2.50. The van der Waals surface area contributed by atoms with E-state index in [4.69, 9.17) is 5.73 Å². The topological polar surface area (TPSA) is 98.0 Å². The number of hydrogen-bond donors (Lipinski definition) is 2. The molecule has 0 spiro atoms. The van der Waals surface area contributed by atoms with Crippen LogP contribution in [0.15, 0.2) is 30.6 Å². The van der Waals surface area contributed by atoms with Gasteiger partial charge < -0.3 is 11.1 Å². The summed E-state index contributed by atoms with van der Waals surface area (Å²) in [6, 6.07) is 4.41. The predicted octanol–water partition coefficient (Wildman–Crippen LogP) is 1.26. The highest BCUT2D eigenvalue weighted by Gasteiger charge is 2.20. The first-order valence-electron chi connectivity index (χ1n) is 6.78. The van der Waals surface area contributed by atoms with Gasteiger partial charge in [-0.15, -0.1) is 0 Å². The predicted molar refractivity (Wildman–Crippen MR) is 79.4 cm³/mol.